The van der Waals surface area contributed by atoms with Gasteiger partial charge in [-0.1, -0.05) is 43.4 Å². The molecule has 1 saturated heterocycles. The number of thiazole rings is 1. The van der Waals surface area contributed by atoms with Gasteiger partial charge in [-0.05, 0) is 44.7 Å². The van der Waals surface area contributed by atoms with Gasteiger partial charge in [0.25, 0.3) is 0 Å². The van der Waals surface area contributed by atoms with Crippen molar-refractivity contribution in [1.29, 1.82) is 0 Å². The number of aromatic nitrogens is 1. The highest BCUT2D eigenvalue weighted by atomic mass is 35.5. The molecule has 3 heterocycles. The number of allylic oxidation sites excluding steroid dienone is 1. The Balaban J connectivity index is 1.35. The molecule has 2 aliphatic heterocycles. The van der Waals surface area contributed by atoms with Crippen molar-refractivity contribution in [1.82, 2.24) is 14.2 Å². The molecule has 2 fully saturated rings. The minimum atomic E-state index is -3.69. The van der Waals surface area contributed by atoms with Crippen molar-refractivity contribution in [2.75, 3.05) is 26.7 Å². The van der Waals surface area contributed by atoms with Crippen molar-refractivity contribution >= 4 is 58.8 Å². The van der Waals surface area contributed by atoms with Gasteiger partial charge in [-0.2, -0.15) is 0 Å². The fourth-order valence-corrected chi connectivity index (χ4v) is 10.4. The van der Waals surface area contributed by atoms with Crippen LogP contribution in [0.3, 0.4) is 0 Å². The minimum Gasteiger partial charge on any atom is -0.478 e. The average molecular weight is 711 g/mol. The number of carboxylic acid groups (broad SMARTS) is 1. The van der Waals surface area contributed by atoms with E-state index in [1.54, 1.807) is 36.5 Å². The van der Waals surface area contributed by atoms with Crippen LogP contribution in [-0.2, 0) is 24.3 Å². The van der Waals surface area contributed by atoms with Gasteiger partial charge in [-0.15, -0.1) is 11.3 Å². The number of halogens is 2. The lowest BCUT2D eigenvalue weighted by Crippen LogP contribution is -2.54. The van der Waals surface area contributed by atoms with Gasteiger partial charge in [0.05, 0.1) is 27.9 Å². The first kappa shape index (κ1) is 34.7. The Morgan fingerprint density at radius 1 is 1.22 bits per heavy atom. The fourth-order valence-electron chi connectivity index (χ4n) is 6.46. The van der Waals surface area contributed by atoms with E-state index in [-0.39, 0.29) is 54.0 Å². The van der Waals surface area contributed by atoms with E-state index >= 15 is 0 Å². The van der Waals surface area contributed by atoms with Crippen molar-refractivity contribution in [2.45, 2.75) is 69.6 Å². The standard InChI is InChI=1S/C31H40ClFN4O6S2Si/c1-31(30(40)43-14-16-46(3,4)5)17-20(18-31)45(41,42)37-12-9-19(10-13-37)26-23(29(38)39)25(21-7-6-8-22(33)24(21)32)35-27(36(26)2)28-34-11-15-44-28/h6-8,11,15,19-20,25H,9-10,12-14,16-18H2,1-5H3,(H,38,39). The van der Waals surface area contributed by atoms with Crippen molar-refractivity contribution in [3.8, 4) is 0 Å². The molecule has 1 saturated carbocycles. The lowest BCUT2D eigenvalue weighted by atomic mass is 9.70. The third-order valence-electron chi connectivity index (χ3n) is 9.17. The summed E-state index contributed by atoms with van der Waals surface area (Å²) < 4.78 is 48.8. The molecule has 2 aromatic rings. The molecule has 0 radical (unpaired) electrons. The third kappa shape index (κ3) is 6.82. The fraction of sp³-hybridized carbons (Fsp3) is 0.548. The van der Waals surface area contributed by atoms with Crippen molar-refractivity contribution in [3.63, 3.8) is 0 Å². The van der Waals surface area contributed by atoms with E-state index in [0.29, 0.717) is 36.0 Å². The number of hydrogen-bond donors (Lipinski definition) is 1. The summed E-state index contributed by atoms with van der Waals surface area (Å²) in [6, 6.07) is 4.00. The Bertz CT molecular complexity index is 1660. The van der Waals surface area contributed by atoms with Crippen LogP contribution in [0.25, 0.3) is 0 Å². The van der Waals surface area contributed by atoms with Crippen LogP contribution in [0.2, 0.25) is 30.7 Å². The van der Waals surface area contributed by atoms with Crippen LogP contribution >= 0.6 is 22.9 Å². The molecule has 10 nitrogen and oxygen atoms in total. The Morgan fingerprint density at radius 3 is 2.48 bits per heavy atom. The Hall–Kier alpha value is -2.65. The highest BCUT2D eigenvalue weighted by molar-refractivity contribution is 7.89. The maximum atomic E-state index is 14.6. The molecule has 0 amide bonds. The van der Waals surface area contributed by atoms with E-state index < -0.39 is 46.6 Å². The normalized spacial score (nSPS) is 24.8. The monoisotopic (exact) mass is 710 g/mol. The second kappa shape index (κ2) is 13.1. The van der Waals surface area contributed by atoms with Crippen LogP contribution in [0, 0.1) is 17.2 Å². The number of nitrogens with zero attached hydrogens (tertiary/aromatic N) is 4. The van der Waals surface area contributed by atoms with E-state index in [9.17, 15) is 27.5 Å². The number of piperidine rings is 1. The number of benzene rings is 1. The van der Waals surface area contributed by atoms with Gasteiger partial charge < -0.3 is 14.7 Å². The van der Waals surface area contributed by atoms with Crippen LogP contribution in [0.5, 0.6) is 0 Å². The van der Waals surface area contributed by atoms with E-state index in [0.717, 1.165) is 6.04 Å². The van der Waals surface area contributed by atoms with Crippen molar-refractivity contribution in [2.24, 2.45) is 16.3 Å². The number of carboxylic acids is 1. The first-order valence-electron chi connectivity index (χ1n) is 15.3. The molecule has 46 heavy (non-hydrogen) atoms. The molecule has 5 rings (SSSR count). The van der Waals surface area contributed by atoms with Gasteiger partial charge in [0, 0.05) is 57.0 Å². The number of amidine groups is 1. The minimum absolute atomic E-state index is 0.0287. The summed E-state index contributed by atoms with van der Waals surface area (Å²) in [6.07, 6.45) is 2.78. The van der Waals surface area contributed by atoms with Crippen LogP contribution in [0.15, 0.2) is 46.0 Å². The lowest BCUT2D eigenvalue weighted by Gasteiger charge is -2.45. The van der Waals surface area contributed by atoms with Crippen LogP contribution in [0.4, 0.5) is 4.39 Å². The van der Waals surface area contributed by atoms with Gasteiger partial charge >= 0.3 is 11.9 Å². The summed E-state index contributed by atoms with van der Waals surface area (Å²) in [5, 5.41) is 12.0. The predicted molar refractivity (Wildman–Crippen MR) is 179 cm³/mol. The van der Waals surface area contributed by atoms with Crippen LogP contribution in [-0.4, -0.2) is 85.6 Å². The SMILES string of the molecule is CN1C(c2nccs2)=NC(c2cccc(F)c2Cl)C(C(=O)O)=C1C1CCN(S(=O)(=O)C2CC(C)(C(=O)OCC[Si](C)(C)C)C2)CC1. The predicted octanol–water partition coefficient (Wildman–Crippen LogP) is 5.80. The van der Waals surface area contributed by atoms with Gasteiger partial charge in [-0.25, -0.2) is 26.9 Å². The van der Waals surface area contributed by atoms with Crippen molar-refractivity contribution in [3.05, 3.63) is 62.5 Å². The number of sulfonamides is 1. The summed E-state index contributed by atoms with van der Waals surface area (Å²) in [5.41, 5.74) is -0.141. The zero-order chi connectivity index (χ0) is 33.6. The van der Waals surface area contributed by atoms with Gasteiger partial charge in [0.1, 0.15) is 11.9 Å². The second-order valence-corrected chi connectivity index (χ2v) is 22.9. The molecular weight excluding hydrogens is 671 g/mol. The van der Waals surface area contributed by atoms with Gasteiger partial charge in [0.15, 0.2) is 10.8 Å². The molecule has 1 unspecified atom stereocenters. The highest BCUT2D eigenvalue weighted by Gasteiger charge is 2.54. The van der Waals surface area contributed by atoms with Crippen LogP contribution in [0.1, 0.15) is 49.2 Å². The first-order chi connectivity index (χ1) is 21.5. The maximum Gasteiger partial charge on any atom is 0.335 e. The summed E-state index contributed by atoms with van der Waals surface area (Å²) in [4.78, 5) is 36.5. The number of hydrogen-bond acceptors (Lipinski definition) is 9. The Labute approximate surface area is 279 Å². The molecule has 3 aliphatic rings. The molecule has 1 aliphatic carbocycles. The number of aliphatic carboxylic acids is 1. The van der Waals surface area contributed by atoms with Crippen molar-refractivity contribution < 1.29 is 32.2 Å². The average Bonchev–Trinajstić information content (AvgIpc) is 3.51. The number of ether oxygens (including phenoxy) is 1. The molecule has 1 aromatic carbocycles. The molecule has 1 atom stereocenters. The third-order valence-corrected chi connectivity index (χ3v) is 14.3. The molecule has 15 heteroatoms. The molecule has 1 aromatic heterocycles. The number of carbonyl (C=O) groups is 2. The quantitative estimate of drug-likeness (QED) is 0.242. The number of carbonyl (C=O) groups excluding carboxylic acids is 1. The molecule has 0 bridgehead atoms. The number of aliphatic imine (C=N–C) groups is 1. The molecule has 1 N–H and O–H groups in total. The Morgan fingerprint density at radius 2 is 1.89 bits per heavy atom. The highest BCUT2D eigenvalue weighted by Crippen LogP contribution is 2.48. The number of esters is 1. The van der Waals surface area contributed by atoms with E-state index in [1.807, 2.05) is 0 Å². The molecular formula is C31H40ClFN4O6S2Si. The summed E-state index contributed by atoms with van der Waals surface area (Å²) in [7, 11) is -3.33. The zero-order valence-electron chi connectivity index (χ0n) is 26.6. The van der Waals surface area contributed by atoms with E-state index in [1.165, 1.54) is 27.8 Å². The number of rotatable bonds is 10. The lowest BCUT2D eigenvalue weighted by molar-refractivity contribution is -0.159. The maximum absolute atomic E-state index is 14.6. The second-order valence-electron chi connectivity index (χ2n) is 13.8. The molecule has 250 valence electrons. The largest absolute Gasteiger partial charge is 0.478 e. The first-order valence-corrected chi connectivity index (χ1v) is 21.8. The summed E-state index contributed by atoms with van der Waals surface area (Å²) in [6.45, 7) is 9.13. The van der Waals surface area contributed by atoms with E-state index in [4.69, 9.17) is 21.3 Å². The van der Waals surface area contributed by atoms with Gasteiger partial charge in [0.2, 0.25) is 10.0 Å². The summed E-state index contributed by atoms with van der Waals surface area (Å²) >= 11 is 7.69. The van der Waals surface area contributed by atoms with E-state index in [2.05, 4.69) is 24.6 Å². The van der Waals surface area contributed by atoms with Gasteiger partial charge in [-0.3, -0.25) is 9.79 Å². The summed E-state index contributed by atoms with van der Waals surface area (Å²) in [5.74, 6) is -2.12. The topological polar surface area (TPSA) is 129 Å². The zero-order valence-corrected chi connectivity index (χ0v) is 30.0. The Kier molecular flexibility index (Phi) is 9.87. The molecule has 0 spiro atoms. The smallest absolute Gasteiger partial charge is 0.335 e. The van der Waals surface area contributed by atoms with Crippen LogP contribution < -0.4 is 0 Å².